The maximum absolute atomic E-state index is 11.7. The number of likely N-dealkylation sites (tertiary alicyclic amines) is 1. The van der Waals surface area contributed by atoms with Crippen LogP contribution in [0, 0.1) is 10.1 Å². The molecule has 1 heterocycles. The van der Waals surface area contributed by atoms with Gasteiger partial charge in [-0.2, -0.15) is 0 Å². The second-order valence-electron chi connectivity index (χ2n) is 3.90. The van der Waals surface area contributed by atoms with E-state index < -0.39 is 4.92 Å². The van der Waals surface area contributed by atoms with Crippen LogP contribution in [0.3, 0.4) is 0 Å². The van der Waals surface area contributed by atoms with E-state index in [0.717, 1.165) is 6.42 Å². The summed E-state index contributed by atoms with van der Waals surface area (Å²) >= 11 is 3.28. The van der Waals surface area contributed by atoms with Gasteiger partial charge in [0.15, 0.2) is 0 Å². The number of nitrogens with zero attached hydrogens (tertiary/aromatic N) is 2. The van der Waals surface area contributed by atoms with Crippen LogP contribution >= 0.6 is 15.9 Å². The first-order chi connectivity index (χ1) is 8.09. The zero-order chi connectivity index (χ0) is 12.4. The highest BCUT2D eigenvalue weighted by molar-refractivity contribution is 9.10. The van der Waals surface area contributed by atoms with Gasteiger partial charge in [0.2, 0.25) is 5.91 Å². The Hall–Kier alpha value is -1.43. The maximum Gasteiger partial charge on any atom is 0.274 e. The molecule has 1 aliphatic heterocycles. The summed E-state index contributed by atoms with van der Waals surface area (Å²) in [5.74, 6) is 0.00292. The largest absolute Gasteiger partial charge is 0.337 e. The number of para-hydroxylation sites is 1. The van der Waals surface area contributed by atoms with Gasteiger partial charge in [-0.15, -0.1) is 0 Å². The number of amides is 1. The van der Waals surface area contributed by atoms with E-state index in [-0.39, 0.29) is 16.4 Å². The van der Waals surface area contributed by atoms with E-state index >= 15 is 0 Å². The molecule has 1 aromatic carbocycles. The molecule has 1 aromatic rings. The van der Waals surface area contributed by atoms with Crippen molar-refractivity contribution in [2.45, 2.75) is 17.8 Å². The Kier molecular flexibility index (Phi) is 3.42. The lowest BCUT2D eigenvalue weighted by Crippen LogP contribution is -2.27. The summed E-state index contributed by atoms with van der Waals surface area (Å²) in [5, 5.41) is 10.8. The van der Waals surface area contributed by atoms with Crippen molar-refractivity contribution in [3.8, 4) is 0 Å². The molecule has 1 unspecified atom stereocenters. The van der Waals surface area contributed by atoms with Crippen LogP contribution in [0.5, 0.6) is 0 Å². The minimum atomic E-state index is -0.415. The van der Waals surface area contributed by atoms with E-state index in [4.69, 9.17) is 0 Å². The molecule has 0 N–H and O–H groups in total. The van der Waals surface area contributed by atoms with Gasteiger partial charge in [-0.05, 0) is 6.42 Å². The highest BCUT2D eigenvalue weighted by Crippen LogP contribution is 2.24. The van der Waals surface area contributed by atoms with Crippen LogP contribution in [-0.2, 0) is 11.3 Å². The Morgan fingerprint density at radius 1 is 1.47 bits per heavy atom. The summed E-state index contributed by atoms with van der Waals surface area (Å²) in [5.41, 5.74) is 0.644. The monoisotopic (exact) mass is 298 g/mol. The van der Waals surface area contributed by atoms with E-state index in [1.165, 1.54) is 6.07 Å². The molecule has 6 heteroatoms. The lowest BCUT2D eigenvalue weighted by atomic mass is 10.1. The number of alkyl halides is 1. The van der Waals surface area contributed by atoms with Crippen molar-refractivity contribution in [3.05, 3.63) is 39.9 Å². The van der Waals surface area contributed by atoms with Crippen LogP contribution in [0.1, 0.15) is 12.0 Å². The van der Waals surface area contributed by atoms with Crippen molar-refractivity contribution in [2.75, 3.05) is 6.54 Å². The predicted octanol–water partition coefficient (Wildman–Crippen LogP) is 2.09. The van der Waals surface area contributed by atoms with Crippen LogP contribution in [0.15, 0.2) is 24.3 Å². The third-order valence-electron chi connectivity index (χ3n) is 2.78. The first kappa shape index (κ1) is 12.0. The smallest absolute Gasteiger partial charge is 0.274 e. The van der Waals surface area contributed by atoms with Crippen LogP contribution in [0.4, 0.5) is 5.69 Å². The van der Waals surface area contributed by atoms with E-state index in [9.17, 15) is 14.9 Å². The molecule has 5 nitrogen and oxygen atoms in total. The van der Waals surface area contributed by atoms with Gasteiger partial charge in [0, 0.05) is 18.2 Å². The first-order valence-corrected chi connectivity index (χ1v) is 6.16. The zero-order valence-electron chi connectivity index (χ0n) is 9.01. The van der Waals surface area contributed by atoms with Gasteiger partial charge >= 0.3 is 0 Å². The molecule has 0 aliphatic carbocycles. The third kappa shape index (κ3) is 2.46. The Labute approximate surface area is 107 Å². The Morgan fingerprint density at radius 3 is 2.76 bits per heavy atom. The van der Waals surface area contributed by atoms with Crippen molar-refractivity contribution < 1.29 is 9.72 Å². The number of halogens is 1. The van der Waals surface area contributed by atoms with Crippen molar-refractivity contribution >= 4 is 27.5 Å². The lowest BCUT2D eigenvalue weighted by molar-refractivity contribution is -0.385. The summed E-state index contributed by atoms with van der Waals surface area (Å²) in [7, 11) is 0. The standard InChI is InChI=1S/C11H11BrN2O3/c12-9-5-6-13(11(9)15)7-8-3-1-2-4-10(8)14(16)17/h1-4,9H,5-7H2. The highest BCUT2D eigenvalue weighted by Gasteiger charge is 2.30. The number of nitro benzene ring substituents is 1. The number of rotatable bonds is 3. The molecule has 0 aromatic heterocycles. The average molecular weight is 299 g/mol. The second-order valence-corrected chi connectivity index (χ2v) is 5.01. The number of hydrogen-bond acceptors (Lipinski definition) is 3. The molecule has 1 atom stereocenters. The minimum Gasteiger partial charge on any atom is -0.337 e. The van der Waals surface area contributed by atoms with E-state index in [0.29, 0.717) is 18.7 Å². The molecule has 0 spiro atoms. The summed E-state index contributed by atoms with van der Waals surface area (Å²) in [6.45, 7) is 0.943. The Bertz CT molecular complexity index is 464. The van der Waals surface area contributed by atoms with Gasteiger partial charge in [0.1, 0.15) is 0 Å². The normalized spacial score (nSPS) is 19.7. The van der Waals surface area contributed by atoms with Crippen molar-refractivity contribution in [2.24, 2.45) is 0 Å². The van der Waals surface area contributed by atoms with E-state index in [1.54, 1.807) is 23.1 Å². The fourth-order valence-corrected chi connectivity index (χ4v) is 2.38. The number of carbonyl (C=O) groups is 1. The summed E-state index contributed by atoms with van der Waals surface area (Å²) in [4.78, 5) is 23.6. The summed E-state index contributed by atoms with van der Waals surface area (Å²) in [6, 6.07) is 6.52. The van der Waals surface area contributed by atoms with Gasteiger partial charge in [0.25, 0.3) is 5.69 Å². The number of hydrogen-bond donors (Lipinski definition) is 0. The predicted molar refractivity (Wildman–Crippen MR) is 65.8 cm³/mol. The molecule has 0 bridgehead atoms. The molecule has 17 heavy (non-hydrogen) atoms. The lowest BCUT2D eigenvalue weighted by Gasteiger charge is -2.15. The number of carbonyl (C=O) groups excluding carboxylic acids is 1. The molecule has 1 saturated heterocycles. The second kappa shape index (κ2) is 4.83. The number of benzene rings is 1. The topological polar surface area (TPSA) is 63.5 Å². The molecule has 0 saturated carbocycles. The number of nitro groups is 1. The molecular weight excluding hydrogens is 288 g/mol. The minimum absolute atomic E-state index is 0.00292. The van der Waals surface area contributed by atoms with Crippen molar-refractivity contribution in [1.82, 2.24) is 4.90 Å². The molecule has 90 valence electrons. The molecule has 1 aliphatic rings. The van der Waals surface area contributed by atoms with Crippen LogP contribution < -0.4 is 0 Å². The van der Waals surface area contributed by atoms with E-state index in [2.05, 4.69) is 15.9 Å². The van der Waals surface area contributed by atoms with Gasteiger partial charge in [-0.1, -0.05) is 34.1 Å². The average Bonchev–Trinajstić information content (AvgIpc) is 2.61. The zero-order valence-corrected chi connectivity index (χ0v) is 10.6. The third-order valence-corrected chi connectivity index (χ3v) is 3.63. The van der Waals surface area contributed by atoms with Crippen LogP contribution in [-0.4, -0.2) is 27.1 Å². The van der Waals surface area contributed by atoms with Gasteiger partial charge in [-0.25, -0.2) is 0 Å². The first-order valence-electron chi connectivity index (χ1n) is 5.24. The Morgan fingerprint density at radius 2 is 2.18 bits per heavy atom. The van der Waals surface area contributed by atoms with Gasteiger partial charge < -0.3 is 4.90 Å². The van der Waals surface area contributed by atoms with E-state index in [1.807, 2.05) is 0 Å². The molecule has 2 rings (SSSR count). The van der Waals surface area contributed by atoms with Gasteiger partial charge in [-0.3, -0.25) is 14.9 Å². The summed E-state index contributed by atoms with van der Waals surface area (Å²) in [6.07, 6.45) is 0.749. The van der Waals surface area contributed by atoms with Crippen molar-refractivity contribution in [3.63, 3.8) is 0 Å². The highest BCUT2D eigenvalue weighted by atomic mass is 79.9. The molecule has 0 radical (unpaired) electrons. The Balaban J connectivity index is 2.19. The SMILES string of the molecule is O=C1C(Br)CCN1Cc1ccccc1[N+](=O)[O-]. The quantitative estimate of drug-likeness (QED) is 0.488. The fourth-order valence-electron chi connectivity index (χ4n) is 1.89. The van der Waals surface area contributed by atoms with Gasteiger partial charge in [0.05, 0.1) is 16.3 Å². The van der Waals surface area contributed by atoms with Crippen molar-refractivity contribution in [1.29, 1.82) is 0 Å². The summed E-state index contributed by atoms with van der Waals surface area (Å²) < 4.78 is 0. The maximum atomic E-state index is 11.7. The van der Waals surface area contributed by atoms with Crippen LogP contribution in [0.25, 0.3) is 0 Å². The molecule has 1 fully saturated rings. The molecular formula is C11H11BrN2O3. The fraction of sp³-hybridized carbons (Fsp3) is 0.364. The molecule has 1 amide bonds. The van der Waals surface area contributed by atoms with Crippen LogP contribution in [0.2, 0.25) is 0 Å².